The Morgan fingerprint density at radius 2 is 2.05 bits per heavy atom. The SMILES string of the molecule is COc1cc(Cl)cc(C(=O)Nc2ccc(Cl)cn2)c1N. The molecule has 0 aliphatic carbocycles. The predicted molar refractivity (Wildman–Crippen MR) is 79.6 cm³/mol. The van der Waals surface area contributed by atoms with Gasteiger partial charge in [0.1, 0.15) is 11.6 Å². The Hall–Kier alpha value is -1.98. The molecule has 0 spiro atoms. The third-order valence-electron chi connectivity index (χ3n) is 2.54. The molecular formula is C13H11Cl2N3O2. The summed E-state index contributed by atoms with van der Waals surface area (Å²) in [6, 6.07) is 6.20. The average Bonchev–Trinajstić information content (AvgIpc) is 2.43. The molecule has 0 aliphatic heterocycles. The van der Waals surface area contributed by atoms with Crippen molar-refractivity contribution in [1.29, 1.82) is 0 Å². The van der Waals surface area contributed by atoms with Gasteiger partial charge in [0, 0.05) is 17.3 Å². The number of rotatable bonds is 3. The second-order valence-corrected chi connectivity index (χ2v) is 4.76. The fourth-order valence-electron chi connectivity index (χ4n) is 1.58. The summed E-state index contributed by atoms with van der Waals surface area (Å²) in [5, 5.41) is 3.43. The first-order chi connectivity index (χ1) is 9.51. The van der Waals surface area contributed by atoms with Gasteiger partial charge in [0.15, 0.2) is 0 Å². The van der Waals surface area contributed by atoms with Crippen LogP contribution in [0.2, 0.25) is 10.0 Å². The number of nitrogens with one attached hydrogen (secondary N) is 1. The molecule has 20 heavy (non-hydrogen) atoms. The molecule has 0 fully saturated rings. The topological polar surface area (TPSA) is 77.2 Å². The summed E-state index contributed by atoms with van der Waals surface area (Å²) in [6.07, 6.45) is 1.43. The molecule has 0 radical (unpaired) electrons. The summed E-state index contributed by atoms with van der Waals surface area (Å²) in [4.78, 5) is 16.1. The van der Waals surface area contributed by atoms with Crippen molar-refractivity contribution in [2.45, 2.75) is 0 Å². The van der Waals surface area contributed by atoms with Crippen molar-refractivity contribution in [2.75, 3.05) is 18.2 Å². The number of nitrogens with two attached hydrogens (primary N) is 1. The summed E-state index contributed by atoms with van der Waals surface area (Å²) < 4.78 is 5.06. The largest absolute Gasteiger partial charge is 0.495 e. The number of halogens is 2. The van der Waals surface area contributed by atoms with E-state index in [1.165, 1.54) is 25.4 Å². The van der Waals surface area contributed by atoms with Crippen molar-refractivity contribution < 1.29 is 9.53 Å². The first-order valence-electron chi connectivity index (χ1n) is 5.57. The van der Waals surface area contributed by atoms with E-state index in [0.717, 1.165) is 0 Å². The minimum atomic E-state index is -0.432. The standard InChI is InChI=1S/C13H11Cl2N3O2/c1-20-10-5-8(15)4-9(12(10)16)13(19)18-11-3-2-7(14)6-17-11/h2-6H,16H2,1H3,(H,17,18,19). The first-order valence-corrected chi connectivity index (χ1v) is 6.32. The average molecular weight is 312 g/mol. The van der Waals surface area contributed by atoms with Gasteiger partial charge in [-0.25, -0.2) is 4.98 Å². The molecule has 104 valence electrons. The molecule has 0 atom stereocenters. The molecule has 7 heteroatoms. The van der Waals surface area contributed by atoms with Crippen LogP contribution in [-0.2, 0) is 0 Å². The second kappa shape index (κ2) is 5.98. The third-order valence-corrected chi connectivity index (χ3v) is 2.98. The maximum absolute atomic E-state index is 12.2. The predicted octanol–water partition coefficient (Wildman–Crippen LogP) is 3.23. The second-order valence-electron chi connectivity index (χ2n) is 3.89. The van der Waals surface area contributed by atoms with Crippen LogP contribution in [0.25, 0.3) is 0 Å². The van der Waals surface area contributed by atoms with Crippen LogP contribution in [0.15, 0.2) is 30.5 Å². The number of methoxy groups -OCH3 is 1. The van der Waals surface area contributed by atoms with Crippen LogP contribution in [0.1, 0.15) is 10.4 Å². The Morgan fingerprint density at radius 3 is 2.65 bits per heavy atom. The van der Waals surface area contributed by atoms with E-state index in [-0.39, 0.29) is 11.3 Å². The van der Waals surface area contributed by atoms with Crippen LogP contribution in [0.4, 0.5) is 11.5 Å². The highest BCUT2D eigenvalue weighted by Gasteiger charge is 2.15. The number of amides is 1. The molecular weight excluding hydrogens is 301 g/mol. The van der Waals surface area contributed by atoms with Gasteiger partial charge in [-0.15, -0.1) is 0 Å². The number of benzene rings is 1. The lowest BCUT2D eigenvalue weighted by Gasteiger charge is -2.11. The summed E-state index contributed by atoms with van der Waals surface area (Å²) in [6.45, 7) is 0. The number of ether oxygens (including phenoxy) is 1. The molecule has 1 aromatic heterocycles. The maximum Gasteiger partial charge on any atom is 0.259 e. The van der Waals surface area contributed by atoms with Gasteiger partial charge in [0.2, 0.25) is 0 Å². The highest BCUT2D eigenvalue weighted by molar-refractivity contribution is 6.31. The summed E-state index contributed by atoms with van der Waals surface area (Å²) in [7, 11) is 1.45. The zero-order valence-electron chi connectivity index (χ0n) is 10.5. The van der Waals surface area contributed by atoms with E-state index in [2.05, 4.69) is 10.3 Å². The number of nitrogen functional groups attached to an aromatic ring is 1. The van der Waals surface area contributed by atoms with Crippen LogP contribution in [0, 0.1) is 0 Å². The quantitative estimate of drug-likeness (QED) is 0.853. The van der Waals surface area contributed by atoms with E-state index in [1.807, 2.05) is 0 Å². The van der Waals surface area contributed by atoms with Gasteiger partial charge >= 0.3 is 0 Å². The Morgan fingerprint density at radius 1 is 1.30 bits per heavy atom. The Labute approximate surface area is 125 Å². The molecule has 2 aromatic rings. The number of aromatic nitrogens is 1. The fraction of sp³-hybridized carbons (Fsp3) is 0.0769. The lowest BCUT2D eigenvalue weighted by Crippen LogP contribution is -2.15. The van der Waals surface area contributed by atoms with E-state index >= 15 is 0 Å². The highest BCUT2D eigenvalue weighted by atomic mass is 35.5. The molecule has 0 aliphatic rings. The van der Waals surface area contributed by atoms with E-state index < -0.39 is 5.91 Å². The van der Waals surface area contributed by atoms with Crippen molar-refractivity contribution >= 4 is 40.6 Å². The highest BCUT2D eigenvalue weighted by Crippen LogP contribution is 2.30. The molecule has 2 rings (SSSR count). The number of pyridine rings is 1. The van der Waals surface area contributed by atoms with Crippen LogP contribution >= 0.6 is 23.2 Å². The van der Waals surface area contributed by atoms with Crippen molar-refractivity contribution in [1.82, 2.24) is 4.98 Å². The molecule has 1 aromatic carbocycles. The summed E-state index contributed by atoms with van der Waals surface area (Å²) >= 11 is 11.6. The van der Waals surface area contributed by atoms with Crippen molar-refractivity contribution in [3.05, 3.63) is 46.1 Å². The van der Waals surface area contributed by atoms with Crippen molar-refractivity contribution in [3.63, 3.8) is 0 Å². The van der Waals surface area contributed by atoms with Crippen LogP contribution in [0.5, 0.6) is 5.75 Å². The maximum atomic E-state index is 12.2. The van der Waals surface area contributed by atoms with Gasteiger partial charge in [-0.2, -0.15) is 0 Å². The number of carbonyl (C=O) groups is 1. The van der Waals surface area contributed by atoms with E-state index in [9.17, 15) is 4.79 Å². The minimum Gasteiger partial charge on any atom is -0.495 e. The number of anilines is 2. The van der Waals surface area contributed by atoms with Crippen LogP contribution in [0.3, 0.4) is 0 Å². The van der Waals surface area contributed by atoms with E-state index in [1.54, 1.807) is 12.1 Å². The number of nitrogens with zero attached hydrogens (tertiary/aromatic N) is 1. The van der Waals surface area contributed by atoms with Crippen LogP contribution < -0.4 is 15.8 Å². The van der Waals surface area contributed by atoms with Gasteiger partial charge in [-0.3, -0.25) is 4.79 Å². The third kappa shape index (κ3) is 3.12. The van der Waals surface area contributed by atoms with Gasteiger partial charge < -0.3 is 15.8 Å². The molecule has 0 bridgehead atoms. The monoisotopic (exact) mass is 311 g/mol. The Kier molecular flexibility index (Phi) is 4.32. The van der Waals surface area contributed by atoms with E-state index in [4.69, 9.17) is 33.7 Å². The first kappa shape index (κ1) is 14.4. The molecule has 1 amide bonds. The van der Waals surface area contributed by atoms with Gasteiger partial charge in [0.05, 0.1) is 23.4 Å². The summed E-state index contributed by atoms with van der Waals surface area (Å²) in [5.41, 5.74) is 6.28. The molecule has 1 heterocycles. The van der Waals surface area contributed by atoms with Crippen molar-refractivity contribution in [2.24, 2.45) is 0 Å². The molecule has 0 saturated heterocycles. The van der Waals surface area contributed by atoms with Gasteiger partial charge in [-0.1, -0.05) is 23.2 Å². The lowest BCUT2D eigenvalue weighted by atomic mass is 10.1. The van der Waals surface area contributed by atoms with Crippen LogP contribution in [-0.4, -0.2) is 18.0 Å². The molecule has 0 unspecified atom stereocenters. The Balaban J connectivity index is 2.29. The summed E-state index contributed by atoms with van der Waals surface area (Å²) in [5.74, 6) is 0.266. The fourth-order valence-corrected chi connectivity index (χ4v) is 1.90. The Bertz CT molecular complexity index is 645. The zero-order chi connectivity index (χ0) is 14.7. The lowest BCUT2D eigenvalue weighted by molar-refractivity contribution is 0.102. The molecule has 3 N–H and O–H groups in total. The van der Waals surface area contributed by atoms with Crippen molar-refractivity contribution in [3.8, 4) is 5.75 Å². The zero-order valence-corrected chi connectivity index (χ0v) is 12.0. The number of carbonyl (C=O) groups excluding carboxylic acids is 1. The smallest absolute Gasteiger partial charge is 0.259 e. The molecule has 5 nitrogen and oxygen atoms in total. The number of hydrogen-bond donors (Lipinski definition) is 2. The van der Waals surface area contributed by atoms with E-state index in [0.29, 0.717) is 21.6 Å². The minimum absolute atomic E-state index is 0.211. The van der Waals surface area contributed by atoms with Gasteiger partial charge in [0.25, 0.3) is 5.91 Å². The normalized spacial score (nSPS) is 10.2. The number of hydrogen-bond acceptors (Lipinski definition) is 4. The van der Waals surface area contributed by atoms with Gasteiger partial charge in [-0.05, 0) is 18.2 Å². The molecule has 0 saturated carbocycles.